The molecule has 0 saturated carbocycles. The number of anilines is 2. The van der Waals surface area contributed by atoms with Crippen LogP contribution in [0.4, 0.5) is 11.4 Å². The fourth-order valence-electron chi connectivity index (χ4n) is 2.10. The van der Waals surface area contributed by atoms with Crippen LogP contribution in [0.2, 0.25) is 0 Å². The van der Waals surface area contributed by atoms with E-state index in [2.05, 4.69) is 0 Å². The second kappa shape index (κ2) is 4.45. The number of hydrogen-bond acceptors (Lipinski definition) is 3. The Hall–Kier alpha value is -2.04. The molecule has 4 N–H and O–H groups in total. The minimum absolute atomic E-state index is 0.0627. The van der Waals surface area contributed by atoms with Crippen LogP contribution >= 0.6 is 0 Å². The van der Waals surface area contributed by atoms with Gasteiger partial charge in [-0.3, -0.25) is 9.59 Å². The number of nitrogens with two attached hydrogens (primary N) is 2. The number of carbonyl (C=O) groups is 2. The van der Waals surface area contributed by atoms with Crippen molar-refractivity contribution in [2.24, 2.45) is 5.73 Å². The van der Waals surface area contributed by atoms with Gasteiger partial charge in [0.15, 0.2) is 0 Å². The van der Waals surface area contributed by atoms with E-state index in [1.807, 2.05) is 6.07 Å². The van der Waals surface area contributed by atoms with Gasteiger partial charge < -0.3 is 16.4 Å². The minimum Gasteiger partial charge on any atom is -0.399 e. The van der Waals surface area contributed by atoms with E-state index >= 15 is 0 Å². The van der Waals surface area contributed by atoms with Gasteiger partial charge in [0.05, 0.1) is 0 Å². The molecule has 0 radical (unpaired) electrons. The molecule has 1 aliphatic heterocycles. The number of amides is 2. The van der Waals surface area contributed by atoms with Crippen LogP contribution in [0, 0.1) is 0 Å². The highest BCUT2D eigenvalue weighted by Crippen LogP contribution is 2.28. The molecule has 0 saturated heterocycles. The smallest absolute Gasteiger partial charge is 0.237 e. The van der Waals surface area contributed by atoms with E-state index in [9.17, 15) is 9.59 Å². The van der Waals surface area contributed by atoms with Gasteiger partial charge in [0.1, 0.15) is 6.54 Å². The number of fused-ring (bicyclic) bond motifs is 1. The molecule has 0 fully saturated rings. The summed E-state index contributed by atoms with van der Waals surface area (Å²) in [6, 6.07) is 5.35. The van der Waals surface area contributed by atoms with Crippen LogP contribution < -0.4 is 16.4 Å². The maximum absolute atomic E-state index is 11.9. The Morgan fingerprint density at radius 2 is 2.12 bits per heavy atom. The van der Waals surface area contributed by atoms with Gasteiger partial charge in [-0.15, -0.1) is 0 Å². The molecule has 1 aromatic rings. The molecule has 2 amide bonds. The topological polar surface area (TPSA) is 89.4 Å². The normalized spacial score (nSPS) is 15.3. The Labute approximate surface area is 99.4 Å². The molecule has 0 unspecified atom stereocenters. The molecule has 5 nitrogen and oxygen atoms in total. The van der Waals surface area contributed by atoms with Gasteiger partial charge in [-0.2, -0.15) is 0 Å². The predicted molar refractivity (Wildman–Crippen MR) is 65.3 cm³/mol. The standard InChI is InChI=1S/C12H15N3O2/c13-9-4-5-10-8(6-9)2-1-3-12(17)15(10)7-11(14)16/h4-6H,1-3,7,13H2,(H2,14,16). The van der Waals surface area contributed by atoms with Crippen molar-refractivity contribution in [3.63, 3.8) is 0 Å². The van der Waals surface area contributed by atoms with Gasteiger partial charge in [0.2, 0.25) is 11.8 Å². The number of rotatable bonds is 2. The number of hydrogen-bond donors (Lipinski definition) is 2. The first kappa shape index (κ1) is 11.4. The van der Waals surface area contributed by atoms with E-state index in [4.69, 9.17) is 11.5 Å². The Balaban J connectivity index is 2.43. The predicted octanol–water partition coefficient (Wildman–Crippen LogP) is 0.423. The molecule has 1 aromatic carbocycles. The average molecular weight is 233 g/mol. The zero-order chi connectivity index (χ0) is 12.4. The van der Waals surface area contributed by atoms with Crippen molar-refractivity contribution in [3.05, 3.63) is 23.8 Å². The molecule has 0 aromatic heterocycles. The van der Waals surface area contributed by atoms with Gasteiger partial charge in [-0.25, -0.2) is 0 Å². The zero-order valence-electron chi connectivity index (χ0n) is 9.48. The van der Waals surface area contributed by atoms with E-state index in [1.165, 1.54) is 4.90 Å². The summed E-state index contributed by atoms with van der Waals surface area (Å²) >= 11 is 0. The number of primary amides is 1. The first-order chi connectivity index (χ1) is 8.08. The Kier molecular flexibility index (Phi) is 2.99. The largest absolute Gasteiger partial charge is 0.399 e. The van der Waals surface area contributed by atoms with Gasteiger partial charge in [-0.05, 0) is 36.6 Å². The van der Waals surface area contributed by atoms with Gasteiger partial charge in [0, 0.05) is 17.8 Å². The quantitative estimate of drug-likeness (QED) is 0.725. The molecule has 0 aliphatic carbocycles. The lowest BCUT2D eigenvalue weighted by molar-refractivity contribution is -0.122. The zero-order valence-corrected chi connectivity index (χ0v) is 9.48. The Morgan fingerprint density at radius 3 is 2.82 bits per heavy atom. The molecule has 0 spiro atoms. The first-order valence-corrected chi connectivity index (χ1v) is 5.55. The lowest BCUT2D eigenvalue weighted by atomic mass is 10.1. The third-order valence-corrected chi connectivity index (χ3v) is 2.85. The monoisotopic (exact) mass is 233 g/mol. The van der Waals surface area contributed by atoms with Crippen LogP contribution in [-0.2, 0) is 16.0 Å². The summed E-state index contributed by atoms with van der Waals surface area (Å²) in [6.07, 6.45) is 1.99. The number of carbonyl (C=O) groups excluding carboxylic acids is 2. The molecule has 17 heavy (non-hydrogen) atoms. The van der Waals surface area contributed by atoms with Crippen molar-refractivity contribution in [2.45, 2.75) is 19.3 Å². The van der Waals surface area contributed by atoms with Crippen LogP contribution in [0.5, 0.6) is 0 Å². The van der Waals surface area contributed by atoms with E-state index < -0.39 is 5.91 Å². The number of benzene rings is 1. The third kappa shape index (κ3) is 2.38. The number of nitrogens with zero attached hydrogens (tertiary/aromatic N) is 1. The maximum atomic E-state index is 11.9. The minimum atomic E-state index is -0.511. The summed E-state index contributed by atoms with van der Waals surface area (Å²) in [5.74, 6) is -0.574. The highest BCUT2D eigenvalue weighted by Gasteiger charge is 2.23. The molecule has 2 rings (SSSR count). The van der Waals surface area contributed by atoms with E-state index in [-0.39, 0.29) is 12.5 Å². The fraction of sp³-hybridized carbons (Fsp3) is 0.333. The van der Waals surface area contributed by atoms with Crippen LogP contribution in [0.1, 0.15) is 18.4 Å². The SMILES string of the molecule is NC(=O)CN1C(=O)CCCc2cc(N)ccc21. The number of aryl methyl sites for hydroxylation is 1. The van der Waals surface area contributed by atoms with Crippen molar-refractivity contribution in [2.75, 3.05) is 17.2 Å². The molecule has 0 bridgehead atoms. The molecule has 1 heterocycles. The van der Waals surface area contributed by atoms with Crippen molar-refractivity contribution >= 4 is 23.2 Å². The van der Waals surface area contributed by atoms with Crippen molar-refractivity contribution in [3.8, 4) is 0 Å². The van der Waals surface area contributed by atoms with Crippen LogP contribution in [0.15, 0.2) is 18.2 Å². The molecular weight excluding hydrogens is 218 g/mol. The lowest BCUT2D eigenvalue weighted by Crippen LogP contribution is -2.38. The third-order valence-electron chi connectivity index (χ3n) is 2.85. The van der Waals surface area contributed by atoms with E-state index in [0.29, 0.717) is 12.1 Å². The molecule has 0 atom stereocenters. The maximum Gasteiger partial charge on any atom is 0.237 e. The second-order valence-electron chi connectivity index (χ2n) is 4.19. The Bertz CT molecular complexity index is 471. The van der Waals surface area contributed by atoms with Crippen LogP contribution in [0.3, 0.4) is 0 Å². The Morgan fingerprint density at radius 1 is 1.35 bits per heavy atom. The van der Waals surface area contributed by atoms with Crippen LogP contribution in [-0.4, -0.2) is 18.4 Å². The summed E-state index contributed by atoms with van der Waals surface area (Å²) in [6.45, 7) is -0.0737. The summed E-state index contributed by atoms with van der Waals surface area (Å²) in [5, 5.41) is 0. The van der Waals surface area contributed by atoms with Crippen molar-refractivity contribution in [1.29, 1.82) is 0 Å². The number of nitrogen functional groups attached to an aromatic ring is 1. The highest BCUT2D eigenvalue weighted by molar-refractivity contribution is 5.99. The van der Waals surface area contributed by atoms with Gasteiger partial charge in [-0.1, -0.05) is 0 Å². The lowest BCUT2D eigenvalue weighted by Gasteiger charge is -2.21. The highest BCUT2D eigenvalue weighted by atomic mass is 16.2. The van der Waals surface area contributed by atoms with E-state index in [1.54, 1.807) is 12.1 Å². The van der Waals surface area contributed by atoms with E-state index in [0.717, 1.165) is 24.1 Å². The summed E-state index contributed by atoms with van der Waals surface area (Å²) in [4.78, 5) is 24.3. The van der Waals surface area contributed by atoms with Gasteiger partial charge in [0.25, 0.3) is 0 Å². The average Bonchev–Trinajstić information content (AvgIpc) is 2.39. The van der Waals surface area contributed by atoms with Gasteiger partial charge >= 0.3 is 0 Å². The fourth-order valence-corrected chi connectivity index (χ4v) is 2.10. The molecule has 90 valence electrons. The molecular formula is C12H15N3O2. The summed E-state index contributed by atoms with van der Waals surface area (Å²) < 4.78 is 0. The first-order valence-electron chi connectivity index (χ1n) is 5.55. The van der Waals surface area contributed by atoms with Crippen molar-refractivity contribution in [1.82, 2.24) is 0 Å². The summed E-state index contributed by atoms with van der Waals surface area (Å²) in [5.41, 5.74) is 13.3. The summed E-state index contributed by atoms with van der Waals surface area (Å²) in [7, 11) is 0. The second-order valence-corrected chi connectivity index (χ2v) is 4.19. The van der Waals surface area contributed by atoms with Crippen LogP contribution in [0.25, 0.3) is 0 Å². The van der Waals surface area contributed by atoms with Crippen molar-refractivity contribution < 1.29 is 9.59 Å². The molecule has 5 heteroatoms. The molecule has 1 aliphatic rings.